The van der Waals surface area contributed by atoms with E-state index in [1.807, 2.05) is 113 Å². The molecule has 0 unspecified atom stereocenters. The van der Waals surface area contributed by atoms with E-state index in [0.29, 0.717) is 34.7 Å². The minimum atomic E-state index is -0.543. The summed E-state index contributed by atoms with van der Waals surface area (Å²) in [6, 6.07) is 30.9. The largest absolute Gasteiger partial charge is 0.462 e. The molecule has 0 spiro atoms. The van der Waals surface area contributed by atoms with Crippen LogP contribution in [0, 0.1) is 27.7 Å². The van der Waals surface area contributed by atoms with Gasteiger partial charge < -0.3 is 20.9 Å². The normalized spacial score (nSPS) is 10.9. The maximum atomic E-state index is 12.5. The van der Waals surface area contributed by atoms with Crippen LogP contribution in [0.4, 0.5) is 11.6 Å². The molecule has 8 rings (SSSR count). The van der Waals surface area contributed by atoms with E-state index in [0.717, 1.165) is 55.4 Å². The summed E-state index contributed by atoms with van der Waals surface area (Å²) < 4.78 is 10.4. The van der Waals surface area contributed by atoms with Crippen molar-refractivity contribution >= 4 is 45.4 Å². The van der Waals surface area contributed by atoms with E-state index in [9.17, 15) is 9.59 Å². The van der Waals surface area contributed by atoms with Crippen LogP contribution in [0.1, 0.15) is 80.4 Å². The maximum absolute atomic E-state index is 12.5. The van der Waals surface area contributed by atoms with Gasteiger partial charge in [-0.15, -0.1) is 0 Å². The number of nitrogens with zero attached hydrogens (tertiary/aromatic N) is 8. The van der Waals surface area contributed by atoms with Crippen LogP contribution < -0.4 is 11.5 Å². The van der Waals surface area contributed by atoms with Gasteiger partial charge in [0.2, 0.25) is 0 Å². The molecular weight excluding hydrogens is 781 g/mol. The Balaban J connectivity index is 0.000000186. The van der Waals surface area contributed by atoms with Crippen molar-refractivity contribution in [3.63, 3.8) is 0 Å². The van der Waals surface area contributed by atoms with E-state index in [1.54, 1.807) is 13.8 Å². The number of hydrogen-bond acceptors (Lipinski definition) is 14. The lowest BCUT2D eigenvalue weighted by atomic mass is 10.1. The first-order chi connectivity index (χ1) is 29.9. The summed E-state index contributed by atoms with van der Waals surface area (Å²) >= 11 is 0. The maximum Gasteiger partial charge on any atom is 0.344 e. The number of carbonyl (C=O) groups is 2. The van der Waals surface area contributed by atoms with Crippen molar-refractivity contribution < 1.29 is 19.1 Å². The Bertz CT molecular complexity index is 2740. The van der Waals surface area contributed by atoms with Gasteiger partial charge in [0.05, 0.1) is 48.5 Å². The molecule has 312 valence electrons. The first-order valence-corrected chi connectivity index (χ1v) is 20.2. The Hall–Kier alpha value is -7.74. The Morgan fingerprint density at radius 2 is 0.855 bits per heavy atom. The third-order valence-electron chi connectivity index (χ3n) is 9.83. The number of rotatable bonds is 10. The van der Waals surface area contributed by atoms with Crippen molar-refractivity contribution in [1.29, 1.82) is 0 Å². The molecule has 4 aromatic heterocycles. The fourth-order valence-corrected chi connectivity index (χ4v) is 6.98. The van der Waals surface area contributed by atoms with Gasteiger partial charge in [0, 0.05) is 33.3 Å². The van der Waals surface area contributed by atoms with Crippen molar-refractivity contribution in [3.8, 4) is 22.5 Å². The zero-order valence-electron chi connectivity index (χ0n) is 35.4. The number of fused-ring (bicyclic) bond motifs is 2. The van der Waals surface area contributed by atoms with E-state index in [1.165, 1.54) is 0 Å². The summed E-state index contributed by atoms with van der Waals surface area (Å²) in [5.74, 6) is 1.14. The molecule has 0 bridgehead atoms. The number of ether oxygens (including phenoxy) is 2. The van der Waals surface area contributed by atoms with E-state index in [4.69, 9.17) is 20.9 Å². The Labute approximate surface area is 358 Å². The molecule has 0 atom stereocenters. The second kappa shape index (κ2) is 18.7. The van der Waals surface area contributed by atoms with Crippen LogP contribution in [0.15, 0.2) is 97.1 Å². The second-order valence-corrected chi connectivity index (χ2v) is 14.5. The number of nitrogens with two attached hydrogens (primary N) is 2. The predicted octanol–water partition coefficient (Wildman–Crippen LogP) is 8.11. The number of anilines is 2. The second-order valence-electron chi connectivity index (χ2n) is 14.5. The van der Waals surface area contributed by atoms with Gasteiger partial charge in [-0.25, -0.2) is 49.5 Å². The van der Waals surface area contributed by atoms with Crippen LogP contribution in [0.5, 0.6) is 0 Å². The molecule has 0 aliphatic carbocycles. The molecule has 8 aromatic rings. The molecule has 0 radical (unpaired) electrons. The van der Waals surface area contributed by atoms with Gasteiger partial charge in [0.25, 0.3) is 0 Å². The highest BCUT2D eigenvalue weighted by Crippen LogP contribution is 2.29. The summed E-state index contributed by atoms with van der Waals surface area (Å²) in [5.41, 5.74) is 20.9. The number of nitrogen functional groups attached to an aromatic ring is 2. The topological polar surface area (TPSA) is 208 Å². The molecular formula is C48H46N10O4. The molecule has 0 saturated carbocycles. The van der Waals surface area contributed by atoms with E-state index >= 15 is 0 Å². The highest BCUT2D eigenvalue weighted by Gasteiger charge is 2.24. The van der Waals surface area contributed by atoms with Gasteiger partial charge in [0.15, 0.2) is 0 Å². The average molecular weight is 827 g/mol. The van der Waals surface area contributed by atoms with Crippen molar-refractivity contribution in [2.75, 3.05) is 24.7 Å². The molecule has 4 heterocycles. The Kier molecular flexibility index (Phi) is 12.8. The fraction of sp³-hybridized carbons (Fsp3) is 0.208. The molecule has 62 heavy (non-hydrogen) atoms. The predicted molar refractivity (Wildman–Crippen MR) is 239 cm³/mol. The van der Waals surface area contributed by atoms with Crippen LogP contribution in [0.25, 0.3) is 44.3 Å². The van der Waals surface area contributed by atoms with Crippen LogP contribution in [-0.4, -0.2) is 65.0 Å². The average Bonchev–Trinajstić information content (AvgIpc) is 3.25. The summed E-state index contributed by atoms with van der Waals surface area (Å²) in [7, 11) is 0. The van der Waals surface area contributed by atoms with Crippen molar-refractivity contribution in [1.82, 2.24) is 39.9 Å². The van der Waals surface area contributed by atoms with Crippen LogP contribution in [-0.2, 0) is 22.3 Å². The smallest absolute Gasteiger partial charge is 0.344 e. The van der Waals surface area contributed by atoms with E-state index in [-0.39, 0.29) is 48.8 Å². The minimum Gasteiger partial charge on any atom is -0.462 e. The molecule has 4 N–H and O–H groups in total. The minimum absolute atomic E-state index is 0.0791. The number of esters is 2. The molecule has 4 aromatic carbocycles. The summed E-state index contributed by atoms with van der Waals surface area (Å²) in [6.45, 7) is 12.0. The number of carbonyl (C=O) groups excluding carboxylic acids is 2. The van der Waals surface area contributed by atoms with E-state index < -0.39 is 11.9 Å². The van der Waals surface area contributed by atoms with Crippen molar-refractivity contribution in [3.05, 3.63) is 154 Å². The van der Waals surface area contributed by atoms with Gasteiger partial charge in [-0.1, -0.05) is 83.9 Å². The Morgan fingerprint density at radius 3 is 1.23 bits per heavy atom. The van der Waals surface area contributed by atoms with Gasteiger partial charge in [-0.3, -0.25) is 0 Å². The molecule has 0 fully saturated rings. The van der Waals surface area contributed by atoms with Crippen molar-refractivity contribution in [2.45, 2.75) is 54.4 Å². The lowest BCUT2D eigenvalue weighted by Gasteiger charge is -2.13. The standard InChI is InChI=1S/2C24H23N5O2/c2*1-4-31-24(30)21-22(16-8-6-5-7-9-16)28-20(29-23(21)25)13-19-26-15(3)17-12-14(2)10-11-18(17)27-19/h2*5-12H,4,13H2,1-3H3,(H2,25,28,29). The fourth-order valence-electron chi connectivity index (χ4n) is 6.98. The zero-order chi connectivity index (χ0) is 43.9. The van der Waals surface area contributed by atoms with Gasteiger partial charge >= 0.3 is 11.9 Å². The SMILES string of the molecule is CCOC(=O)c1c(N)nc(Cc2nc(C)c3cc(C)ccc3n2)nc1-c1ccccc1.CCOC(=O)c1c(N)nc(Cc2nc(C)c3cc(C)ccc3n2)nc1-c1ccccc1. The van der Waals surface area contributed by atoms with Crippen LogP contribution >= 0.6 is 0 Å². The van der Waals surface area contributed by atoms with Crippen LogP contribution in [0.2, 0.25) is 0 Å². The monoisotopic (exact) mass is 826 g/mol. The number of aryl methyl sites for hydroxylation is 4. The number of aromatic nitrogens is 8. The lowest BCUT2D eigenvalue weighted by Crippen LogP contribution is -2.15. The highest BCUT2D eigenvalue weighted by atomic mass is 16.5. The first kappa shape index (κ1) is 42.4. The van der Waals surface area contributed by atoms with Crippen LogP contribution in [0.3, 0.4) is 0 Å². The van der Waals surface area contributed by atoms with Gasteiger partial charge in [0.1, 0.15) is 46.1 Å². The number of hydrogen-bond donors (Lipinski definition) is 2. The molecule has 14 heteroatoms. The van der Waals surface area contributed by atoms with Gasteiger partial charge in [-0.2, -0.15) is 0 Å². The molecule has 0 aliphatic heterocycles. The Morgan fingerprint density at radius 1 is 0.484 bits per heavy atom. The number of benzene rings is 4. The summed E-state index contributed by atoms with van der Waals surface area (Å²) in [4.78, 5) is 61.7. The molecule has 14 nitrogen and oxygen atoms in total. The van der Waals surface area contributed by atoms with E-state index in [2.05, 4.69) is 52.0 Å². The van der Waals surface area contributed by atoms with Gasteiger partial charge in [-0.05, 0) is 65.8 Å². The summed E-state index contributed by atoms with van der Waals surface area (Å²) in [5, 5.41) is 2.04. The first-order valence-electron chi connectivity index (χ1n) is 20.2. The summed E-state index contributed by atoms with van der Waals surface area (Å²) in [6.07, 6.45) is 0.579. The van der Waals surface area contributed by atoms with Crippen molar-refractivity contribution in [2.24, 2.45) is 0 Å². The third-order valence-corrected chi connectivity index (χ3v) is 9.83. The highest BCUT2D eigenvalue weighted by molar-refractivity contribution is 6.01. The lowest BCUT2D eigenvalue weighted by molar-refractivity contribution is 0.0517. The molecule has 0 saturated heterocycles. The zero-order valence-corrected chi connectivity index (χ0v) is 35.4. The quantitative estimate of drug-likeness (QED) is 0.125. The molecule has 0 amide bonds. The third kappa shape index (κ3) is 9.49. The molecule has 0 aliphatic rings.